The van der Waals surface area contributed by atoms with Crippen molar-refractivity contribution in [2.24, 2.45) is 0 Å². The predicted molar refractivity (Wildman–Crippen MR) is 103 cm³/mol. The SMILES string of the molecule is COc1ccc(/C=C/C(=O)N(C)Cc2nnc(-c3ccc(C)cc3)o2)cc1. The summed E-state index contributed by atoms with van der Waals surface area (Å²) in [4.78, 5) is 13.8. The first kappa shape index (κ1) is 18.4. The summed E-state index contributed by atoms with van der Waals surface area (Å²) in [5, 5.41) is 8.08. The van der Waals surface area contributed by atoms with Gasteiger partial charge in [0.05, 0.1) is 13.7 Å². The van der Waals surface area contributed by atoms with E-state index in [0.717, 1.165) is 22.4 Å². The van der Waals surface area contributed by atoms with Crippen molar-refractivity contribution in [2.75, 3.05) is 14.2 Å². The summed E-state index contributed by atoms with van der Waals surface area (Å²) in [6.45, 7) is 2.26. The molecule has 138 valence electrons. The quantitative estimate of drug-likeness (QED) is 0.624. The number of benzene rings is 2. The van der Waals surface area contributed by atoms with Crippen molar-refractivity contribution < 1.29 is 13.9 Å². The molecule has 0 bridgehead atoms. The van der Waals surface area contributed by atoms with Crippen molar-refractivity contribution in [3.05, 3.63) is 71.6 Å². The molecule has 1 aromatic heterocycles. The summed E-state index contributed by atoms with van der Waals surface area (Å²) in [6, 6.07) is 15.3. The van der Waals surface area contributed by atoms with E-state index in [1.807, 2.05) is 55.5 Å². The van der Waals surface area contributed by atoms with Crippen molar-refractivity contribution in [1.29, 1.82) is 0 Å². The number of carbonyl (C=O) groups is 1. The molecule has 27 heavy (non-hydrogen) atoms. The van der Waals surface area contributed by atoms with Crippen LogP contribution in [0.4, 0.5) is 0 Å². The maximum absolute atomic E-state index is 12.3. The maximum Gasteiger partial charge on any atom is 0.247 e. The lowest BCUT2D eigenvalue weighted by atomic mass is 10.1. The summed E-state index contributed by atoms with van der Waals surface area (Å²) in [6.07, 6.45) is 3.27. The first-order valence-corrected chi connectivity index (χ1v) is 8.52. The molecule has 0 saturated heterocycles. The summed E-state index contributed by atoms with van der Waals surface area (Å²) in [5.74, 6) is 1.45. The van der Waals surface area contributed by atoms with Crippen LogP contribution >= 0.6 is 0 Å². The maximum atomic E-state index is 12.3. The fourth-order valence-electron chi connectivity index (χ4n) is 2.42. The van der Waals surface area contributed by atoms with Gasteiger partial charge < -0.3 is 14.1 Å². The molecule has 0 fully saturated rings. The summed E-state index contributed by atoms with van der Waals surface area (Å²) in [7, 11) is 3.31. The van der Waals surface area contributed by atoms with Crippen LogP contribution in [0.15, 0.2) is 59.0 Å². The Morgan fingerprint density at radius 3 is 2.48 bits per heavy atom. The molecule has 0 aliphatic rings. The number of hydrogen-bond acceptors (Lipinski definition) is 5. The molecular formula is C21H21N3O3. The first-order valence-electron chi connectivity index (χ1n) is 8.52. The monoisotopic (exact) mass is 363 g/mol. The second kappa shape index (κ2) is 8.31. The molecule has 6 nitrogen and oxygen atoms in total. The lowest BCUT2D eigenvalue weighted by Gasteiger charge is -2.11. The lowest BCUT2D eigenvalue weighted by molar-refractivity contribution is -0.125. The van der Waals surface area contributed by atoms with Gasteiger partial charge in [-0.3, -0.25) is 4.79 Å². The Morgan fingerprint density at radius 1 is 1.11 bits per heavy atom. The second-order valence-corrected chi connectivity index (χ2v) is 6.17. The van der Waals surface area contributed by atoms with E-state index >= 15 is 0 Å². The molecular weight excluding hydrogens is 342 g/mol. The standard InChI is InChI=1S/C21H21N3O3/c1-15-4-9-17(10-5-15)21-23-22-19(27-21)14-24(2)20(25)13-8-16-6-11-18(26-3)12-7-16/h4-13H,14H2,1-3H3/b13-8+. The number of carbonyl (C=O) groups excluding carboxylic acids is 1. The molecule has 0 atom stereocenters. The highest BCUT2D eigenvalue weighted by Gasteiger charge is 2.13. The molecule has 3 aromatic rings. The van der Waals surface area contributed by atoms with Crippen LogP contribution in [0.5, 0.6) is 5.75 Å². The largest absolute Gasteiger partial charge is 0.497 e. The Bertz CT molecular complexity index is 928. The number of amides is 1. The van der Waals surface area contributed by atoms with E-state index in [4.69, 9.17) is 9.15 Å². The fourth-order valence-corrected chi connectivity index (χ4v) is 2.42. The number of nitrogens with zero attached hydrogens (tertiary/aromatic N) is 3. The molecule has 0 aliphatic carbocycles. The van der Waals surface area contributed by atoms with Crippen molar-refractivity contribution in [3.8, 4) is 17.2 Å². The van der Waals surface area contributed by atoms with E-state index in [9.17, 15) is 4.79 Å². The zero-order chi connectivity index (χ0) is 19.2. The number of likely N-dealkylation sites (N-methyl/N-ethyl adjacent to an activating group) is 1. The van der Waals surface area contributed by atoms with Crippen molar-refractivity contribution in [2.45, 2.75) is 13.5 Å². The van der Waals surface area contributed by atoms with E-state index in [-0.39, 0.29) is 12.5 Å². The average Bonchev–Trinajstić information content (AvgIpc) is 3.15. The van der Waals surface area contributed by atoms with Crippen LogP contribution in [0.3, 0.4) is 0 Å². The van der Waals surface area contributed by atoms with Gasteiger partial charge >= 0.3 is 0 Å². The molecule has 0 spiro atoms. The van der Waals surface area contributed by atoms with Gasteiger partial charge in [-0.1, -0.05) is 29.8 Å². The van der Waals surface area contributed by atoms with Gasteiger partial charge in [0.2, 0.25) is 17.7 Å². The van der Waals surface area contributed by atoms with E-state index in [1.54, 1.807) is 20.2 Å². The molecule has 1 amide bonds. The summed E-state index contributed by atoms with van der Waals surface area (Å²) < 4.78 is 10.8. The Morgan fingerprint density at radius 2 is 1.81 bits per heavy atom. The molecule has 0 unspecified atom stereocenters. The van der Waals surface area contributed by atoms with Gasteiger partial charge in [0.25, 0.3) is 0 Å². The number of methoxy groups -OCH3 is 1. The van der Waals surface area contributed by atoms with Crippen LogP contribution in [0, 0.1) is 6.92 Å². The molecule has 0 aliphatic heterocycles. The first-order chi connectivity index (χ1) is 13.0. The Kier molecular flexibility index (Phi) is 5.66. The van der Waals surface area contributed by atoms with Gasteiger partial charge in [-0.15, -0.1) is 10.2 Å². The molecule has 0 radical (unpaired) electrons. The molecule has 0 saturated carbocycles. The molecule has 2 aromatic carbocycles. The highest BCUT2D eigenvalue weighted by atomic mass is 16.5. The van der Waals surface area contributed by atoms with Crippen LogP contribution in [0.2, 0.25) is 0 Å². The zero-order valence-corrected chi connectivity index (χ0v) is 15.5. The van der Waals surface area contributed by atoms with E-state index in [0.29, 0.717) is 11.8 Å². The summed E-state index contributed by atoms with van der Waals surface area (Å²) in [5.41, 5.74) is 2.93. The third kappa shape index (κ3) is 4.82. The Labute approximate surface area is 158 Å². The van der Waals surface area contributed by atoms with Gasteiger partial charge in [0, 0.05) is 18.7 Å². The predicted octanol–water partition coefficient (Wildman–Crippen LogP) is 3.73. The molecule has 1 heterocycles. The number of aryl methyl sites for hydroxylation is 1. The topological polar surface area (TPSA) is 68.5 Å². The molecule has 0 N–H and O–H groups in total. The van der Waals surface area contributed by atoms with Crippen LogP contribution in [0.1, 0.15) is 17.0 Å². The van der Waals surface area contributed by atoms with E-state index in [2.05, 4.69) is 10.2 Å². The fraction of sp³-hybridized carbons (Fsp3) is 0.190. The second-order valence-electron chi connectivity index (χ2n) is 6.17. The normalized spacial score (nSPS) is 10.9. The van der Waals surface area contributed by atoms with Crippen molar-refractivity contribution in [3.63, 3.8) is 0 Å². The highest BCUT2D eigenvalue weighted by molar-refractivity contribution is 5.91. The smallest absolute Gasteiger partial charge is 0.247 e. The number of aromatic nitrogens is 2. The van der Waals surface area contributed by atoms with Crippen LogP contribution < -0.4 is 4.74 Å². The Balaban J connectivity index is 1.60. The minimum atomic E-state index is -0.152. The van der Waals surface area contributed by atoms with Gasteiger partial charge in [-0.25, -0.2) is 0 Å². The Hall–Kier alpha value is -3.41. The lowest BCUT2D eigenvalue weighted by Crippen LogP contribution is -2.24. The van der Waals surface area contributed by atoms with Gasteiger partial charge in [0.1, 0.15) is 5.75 Å². The minimum absolute atomic E-state index is 0.152. The van der Waals surface area contributed by atoms with Crippen LogP contribution in [-0.4, -0.2) is 35.2 Å². The third-order valence-corrected chi connectivity index (χ3v) is 4.05. The van der Waals surface area contributed by atoms with E-state index in [1.165, 1.54) is 11.0 Å². The van der Waals surface area contributed by atoms with Gasteiger partial charge in [-0.2, -0.15) is 0 Å². The number of rotatable bonds is 6. The minimum Gasteiger partial charge on any atom is -0.497 e. The van der Waals surface area contributed by atoms with E-state index < -0.39 is 0 Å². The van der Waals surface area contributed by atoms with Crippen LogP contribution in [-0.2, 0) is 11.3 Å². The summed E-state index contributed by atoms with van der Waals surface area (Å²) >= 11 is 0. The third-order valence-electron chi connectivity index (χ3n) is 4.05. The number of ether oxygens (including phenoxy) is 1. The average molecular weight is 363 g/mol. The van der Waals surface area contributed by atoms with Crippen molar-refractivity contribution >= 4 is 12.0 Å². The van der Waals surface area contributed by atoms with Gasteiger partial charge in [-0.05, 0) is 42.8 Å². The highest BCUT2D eigenvalue weighted by Crippen LogP contribution is 2.19. The zero-order valence-electron chi connectivity index (χ0n) is 15.5. The van der Waals surface area contributed by atoms with Crippen LogP contribution in [0.25, 0.3) is 17.5 Å². The molecule has 3 rings (SSSR count). The number of hydrogen-bond donors (Lipinski definition) is 0. The van der Waals surface area contributed by atoms with Crippen molar-refractivity contribution in [1.82, 2.24) is 15.1 Å². The molecule has 6 heteroatoms. The van der Waals surface area contributed by atoms with Gasteiger partial charge in [0.15, 0.2) is 0 Å².